The van der Waals surface area contributed by atoms with Gasteiger partial charge in [0.2, 0.25) is 5.67 Å². The van der Waals surface area contributed by atoms with Crippen LogP contribution in [0, 0.1) is 5.92 Å². The second kappa shape index (κ2) is 4.69. The van der Waals surface area contributed by atoms with Crippen LogP contribution in [0.4, 0.5) is 4.39 Å². The largest absolute Gasteiger partial charge is 0.479 e. The van der Waals surface area contributed by atoms with Gasteiger partial charge < -0.3 is 10.2 Å². The highest BCUT2D eigenvalue weighted by Gasteiger charge is 2.50. The fourth-order valence-electron chi connectivity index (χ4n) is 2.48. The van der Waals surface area contributed by atoms with Crippen LogP contribution in [-0.2, 0) is 11.4 Å². The Labute approximate surface area is 105 Å². The molecule has 1 aromatic carbocycles. The maximum Gasteiger partial charge on any atom is 0.341 e. The number of carboxylic acids is 1. The Morgan fingerprint density at radius 2 is 2.22 bits per heavy atom. The van der Waals surface area contributed by atoms with Crippen molar-refractivity contribution < 1.29 is 19.4 Å². The molecule has 0 saturated heterocycles. The van der Waals surface area contributed by atoms with Crippen LogP contribution in [-0.4, -0.2) is 21.9 Å². The molecule has 2 rings (SSSR count). The van der Waals surface area contributed by atoms with Gasteiger partial charge in [-0.1, -0.05) is 24.3 Å². The van der Waals surface area contributed by atoms with E-state index in [4.69, 9.17) is 10.2 Å². The van der Waals surface area contributed by atoms with Crippen LogP contribution in [0.15, 0.2) is 24.3 Å². The Balaban J connectivity index is 2.38. The van der Waals surface area contributed by atoms with Crippen molar-refractivity contribution in [2.45, 2.75) is 38.0 Å². The quantitative estimate of drug-likeness (QED) is 0.846. The number of hydrogen-bond donors (Lipinski definition) is 2. The average molecular weight is 252 g/mol. The van der Waals surface area contributed by atoms with Crippen LogP contribution in [0.5, 0.6) is 0 Å². The molecule has 0 bridgehead atoms. The summed E-state index contributed by atoms with van der Waals surface area (Å²) in [6.07, 6.45) is 1.72. The van der Waals surface area contributed by atoms with Crippen LogP contribution in [0.25, 0.3) is 0 Å². The monoisotopic (exact) mass is 252 g/mol. The van der Waals surface area contributed by atoms with Gasteiger partial charge in [-0.2, -0.15) is 0 Å². The first-order chi connectivity index (χ1) is 8.46. The number of aliphatic hydroxyl groups excluding tert-OH is 1. The van der Waals surface area contributed by atoms with Crippen LogP contribution >= 0.6 is 0 Å². The molecule has 0 spiro atoms. The van der Waals surface area contributed by atoms with Crippen molar-refractivity contribution in [2.75, 3.05) is 0 Å². The topological polar surface area (TPSA) is 57.5 Å². The zero-order valence-corrected chi connectivity index (χ0v) is 10.3. The number of alkyl halides is 1. The number of rotatable bonds is 5. The van der Waals surface area contributed by atoms with E-state index in [0.29, 0.717) is 11.1 Å². The van der Waals surface area contributed by atoms with Crippen LogP contribution in [0.2, 0.25) is 0 Å². The van der Waals surface area contributed by atoms with Gasteiger partial charge in [0.15, 0.2) is 0 Å². The number of aliphatic hydroxyl groups is 1. The van der Waals surface area contributed by atoms with Gasteiger partial charge in [-0.3, -0.25) is 0 Å². The van der Waals surface area contributed by atoms with Gasteiger partial charge in [0, 0.05) is 5.92 Å². The lowest BCUT2D eigenvalue weighted by Crippen LogP contribution is -2.38. The Hall–Kier alpha value is -1.42. The lowest BCUT2D eigenvalue weighted by Gasteiger charge is -2.27. The van der Waals surface area contributed by atoms with Gasteiger partial charge in [-0.15, -0.1) is 0 Å². The Morgan fingerprint density at radius 1 is 1.56 bits per heavy atom. The average Bonchev–Trinajstić information content (AvgIpc) is 3.13. The van der Waals surface area contributed by atoms with E-state index in [2.05, 4.69) is 0 Å². The molecule has 0 aromatic heterocycles. The SMILES string of the molecule is CC(F)(C(=O)O)[C@H](c1cccc(CO)c1)C1CC1. The standard InChI is InChI=1S/C14H17FO3/c1-14(15,13(17)18)12(10-5-6-10)11-4-2-3-9(7-11)8-16/h2-4,7,10,12,16H,5-6,8H2,1H3,(H,17,18)/t12-,14?/m0/s1. The third-order valence-electron chi connectivity index (χ3n) is 3.59. The van der Waals surface area contributed by atoms with E-state index >= 15 is 0 Å². The van der Waals surface area contributed by atoms with Gasteiger partial charge in [0.1, 0.15) is 0 Å². The molecule has 4 heteroatoms. The molecule has 1 fully saturated rings. The van der Waals surface area contributed by atoms with Crippen molar-refractivity contribution >= 4 is 5.97 Å². The van der Waals surface area contributed by atoms with Crippen LogP contribution in [0.3, 0.4) is 0 Å². The molecule has 1 saturated carbocycles. The zero-order valence-electron chi connectivity index (χ0n) is 10.3. The fourth-order valence-corrected chi connectivity index (χ4v) is 2.48. The molecular formula is C14H17FO3. The molecule has 1 unspecified atom stereocenters. The van der Waals surface area contributed by atoms with E-state index < -0.39 is 17.6 Å². The lowest BCUT2D eigenvalue weighted by atomic mass is 9.80. The van der Waals surface area contributed by atoms with Gasteiger partial charge in [0.05, 0.1) is 6.61 Å². The van der Waals surface area contributed by atoms with Crippen molar-refractivity contribution in [2.24, 2.45) is 5.92 Å². The number of carbonyl (C=O) groups is 1. The minimum atomic E-state index is -2.27. The first-order valence-corrected chi connectivity index (χ1v) is 6.09. The summed E-state index contributed by atoms with van der Waals surface area (Å²) in [4.78, 5) is 11.1. The summed E-state index contributed by atoms with van der Waals surface area (Å²) in [7, 11) is 0. The van der Waals surface area contributed by atoms with Crippen molar-refractivity contribution in [3.05, 3.63) is 35.4 Å². The highest BCUT2D eigenvalue weighted by Crippen LogP contribution is 2.49. The maximum atomic E-state index is 14.4. The molecule has 1 aliphatic rings. The first kappa shape index (κ1) is 13.0. The maximum absolute atomic E-state index is 14.4. The van der Waals surface area contributed by atoms with Gasteiger partial charge >= 0.3 is 5.97 Å². The van der Waals surface area contributed by atoms with E-state index in [1.54, 1.807) is 24.3 Å². The van der Waals surface area contributed by atoms with Crippen molar-refractivity contribution in [3.63, 3.8) is 0 Å². The number of halogens is 1. The molecule has 0 amide bonds. The van der Waals surface area contributed by atoms with E-state index in [1.165, 1.54) is 0 Å². The second-order valence-electron chi connectivity index (χ2n) is 5.10. The van der Waals surface area contributed by atoms with E-state index in [0.717, 1.165) is 19.8 Å². The first-order valence-electron chi connectivity index (χ1n) is 6.09. The summed E-state index contributed by atoms with van der Waals surface area (Å²) < 4.78 is 14.4. The summed E-state index contributed by atoms with van der Waals surface area (Å²) in [6.45, 7) is 1.01. The molecule has 1 aromatic rings. The number of benzene rings is 1. The predicted octanol–water partition coefficient (Wildman–Crippen LogP) is 2.49. The van der Waals surface area contributed by atoms with E-state index in [9.17, 15) is 9.18 Å². The van der Waals surface area contributed by atoms with E-state index in [1.807, 2.05) is 0 Å². The number of aliphatic carboxylic acids is 1. The molecule has 2 atom stereocenters. The molecular weight excluding hydrogens is 235 g/mol. The van der Waals surface area contributed by atoms with Crippen molar-refractivity contribution in [1.29, 1.82) is 0 Å². The van der Waals surface area contributed by atoms with Crippen molar-refractivity contribution in [3.8, 4) is 0 Å². The summed E-state index contributed by atoms with van der Waals surface area (Å²) >= 11 is 0. The minimum absolute atomic E-state index is 0.0880. The van der Waals surface area contributed by atoms with E-state index in [-0.39, 0.29) is 12.5 Å². The smallest absolute Gasteiger partial charge is 0.341 e. The van der Waals surface area contributed by atoms with Crippen molar-refractivity contribution in [1.82, 2.24) is 0 Å². The summed E-state index contributed by atoms with van der Waals surface area (Å²) in [5.74, 6) is -1.97. The third kappa shape index (κ3) is 2.38. The van der Waals surface area contributed by atoms with Gasteiger partial charge in [-0.05, 0) is 36.8 Å². The Morgan fingerprint density at radius 3 is 2.72 bits per heavy atom. The normalized spacial score (nSPS) is 20.2. The summed E-state index contributed by atoms with van der Waals surface area (Å²) in [5, 5.41) is 18.2. The molecule has 3 nitrogen and oxygen atoms in total. The van der Waals surface area contributed by atoms with Crippen LogP contribution < -0.4 is 0 Å². The van der Waals surface area contributed by atoms with Gasteiger partial charge in [0.25, 0.3) is 0 Å². The molecule has 0 aliphatic heterocycles. The zero-order chi connectivity index (χ0) is 13.3. The van der Waals surface area contributed by atoms with Gasteiger partial charge in [-0.25, -0.2) is 9.18 Å². The molecule has 18 heavy (non-hydrogen) atoms. The molecule has 98 valence electrons. The Kier molecular flexibility index (Phi) is 3.39. The summed E-state index contributed by atoms with van der Waals surface area (Å²) in [6, 6.07) is 6.91. The highest BCUT2D eigenvalue weighted by atomic mass is 19.1. The highest BCUT2D eigenvalue weighted by molar-refractivity contribution is 5.78. The number of carboxylic acid groups (broad SMARTS) is 1. The fraction of sp³-hybridized carbons (Fsp3) is 0.500. The van der Waals surface area contributed by atoms with Crippen LogP contribution in [0.1, 0.15) is 36.8 Å². The minimum Gasteiger partial charge on any atom is -0.479 e. The molecule has 1 aliphatic carbocycles. The lowest BCUT2D eigenvalue weighted by molar-refractivity contribution is -0.151. The number of hydrogen-bond acceptors (Lipinski definition) is 2. The summed E-state index contributed by atoms with van der Waals surface area (Å²) in [5.41, 5.74) is -0.925. The molecule has 0 radical (unpaired) electrons. The second-order valence-corrected chi connectivity index (χ2v) is 5.10. The predicted molar refractivity (Wildman–Crippen MR) is 65.0 cm³/mol. The Bertz CT molecular complexity index is 452. The molecule has 2 N–H and O–H groups in total. The third-order valence-corrected chi connectivity index (χ3v) is 3.59. The molecule has 0 heterocycles.